The average molecular weight is 344 g/mol. The second-order valence-corrected chi connectivity index (χ2v) is 6.67. The van der Waals surface area contributed by atoms with Gasteiger partial charge >= 0.3 is 0 Å². The van der Waals surface area contributed by atoms with Crippen LogP contribution in [0.2, 0.25) is 0 Å². The van der Waals surface area contributed by atoms with Crippen molar-refractivity contribution in [1.29, 1.82) is 5.41 Å². The summed E-state index contributed by atoms with van der Waals surface area (Å²) in [6, 6.07) is 11.0. The minimum absolute atomic E-state index is 0.434. The maximum atomic E-state index is 11.3. The lowest BCUT2D eigenvalue weighted by Crippen LogP contribution is -2.11. The summed E-state index contributed by atoms with van der Waals surface area (Å²) in [5.41, 5.74) is 18.6. The Morgan fingerprint density at radius 2 is 1.73 bits per heavy atom. The molecule has 1 aliphatic rings. The number of nitrogen functional groups attached to an aromatic ring is 1. The predicted octanol–water partition coefficient (Wildman–Crippen LogP) is 3.46. The molecule has 5 N–H and O–H groups in total. The van der Waals surface area contributed by atoms with Gasteiger partial charge in [-0.2, -0.15) is 0 Å². The average Bonchev–Trinajstić information content (AvgIpc) is 2.67. The van der Waals surface area contributed by atoms with Gasteiger partial charge in [0.05, 0.1) is 11.2 Å². The van der Waals surface area contributed by atoms with Crippen molar-refractivity contribution in [3.8, 4) is 11.3 Å². The number of benzene rings is 2. The van der Waals surface area contributed by atoms with Crippen LogP contribution in [0, 0.1) is 5.41 Å². The molecule has 0 saturated carbocycles. The van der Waals surface area contributed by atoms with Gasteiger partial charge in [0, 0.05) is 34.0 Å². The van der Waals surface area contributed by atoms with E-state index < -0.39 is 5.91 Å². The number of hydrogen-bond donors (Lipinski definition) is 3. The number of aromatic nitrogens is 1. The van der Waals surface area contributed by atoms with Gasteiger partial charge in [0.25, 0.3) is 0 Å². The van der Waals surface area contributed by atoms with E-state index in [1.165, 1.54) is 17.3 Å². The molecule has 1 aromatic heterocycles. The topological polar surface area (TPSA) is 106 Å². The highest BCUT2D eigenvalue weighted by Gasteiger charge is 2.21. The molecule has 0 saturated heterocycles. The predicted molar refractivity (Wildman–Crippen MR) is 105 cm³/mol. The van der Waals surface area contributed by atoms with E-state index >= 15 is 0 Å². The van der Waals surface area contributed by atoms with Crippen LogP contribution in [0.5, 0.6) is 0 Å². The molecule has 2 aromatic carbocycles. The molecule has 0 unspecified atom stereocenters. The molecule has 5 heteroatoms. The van der Waals surface area contributed by atoms with Gasteiger partial charge < -0.3 is 16.9 Å². The first-order valence-corrected chi connectivity index (χ1v) is 8.75. The van der Waals surface area contributed by atoms with Crippen LogP contribution in [-0.2, 0) is 12.8 Å². The van der Waals surface area contributed by atoms with Gasteiger partial charge in [-0.25, -0.2) is 4.98 Å². The summed E-state index contributed by atoms with van der Waals surface area (Å²) in [5.74, 6) is -0.434. The molecule has 3 aromatic rings. The minimum atomic E-state index is -0.434. The van der Waals surface area contributed by atoms with Gasteiger partial charge in [-0.05, 0) is 61.1 Å². The summed E-state index contributed by atoms with van der Waals surface area (Å²) in [6.07, 6.45) is 5.49. The first kappa shape index (κ1) is 16.3. The van der Waals surface area contributed by atoms with Gasteiger partial charge in [0.2, 0.25) is 5.91 Å². The van der Waals surface area contributed by atoms with E-state index in [-0.39, 0.29) is 0 Å². The van der Waals surface area contributed by atoms with E-state index in [0.717, 1.165) is 53.4 Å². The lowest BCUT2D eigenvalue weighted by Gasteiger charge is -2.22. The maximum Gasteiger partial charge on any atom is 0.248 e. The molecule has 130 valence electrons. The lowest BCUT2D eigenvalue weighted by molar-refractivity contribution is 0.100. The van der Waals surface area contributed by atoms with Crippen LogP contribution in [0.25, 0.3) is 22.2 Å². The first-order valence-electron chi connectivity index (χ1n) is 8.75. The third-order valence-electron chi connectivity index (χ3n) is 5.13. The first-order chi connectivity index (χ1) is 12.6. The molecule has 4 rings (SSSR count). The number of carbonyl (C=O) groups excluding carboxylic acids is 1. The smallest absolute Gasteiger partial charge is 0.248 e. The monoisotopic (exact) mass is 344 g/mol. The third-order valence-corrected chi connectivity index (χ3v) is 5.13. The van der Waals surface area contributed by atoms with Gasteiger partial charge in [-0.15, -0.1) is 0 Å². The summed E-state index contributed by atoms with van der Waals surface area (Å²) in [5, 5.41) is 8.80. The SMILES string of the molecule is N=Cc1c(N)ccc2nc(-c3ccc(C(N)=O)cc3)c3c(c12)CCCC3. The highest BCUT2D eigenvalue weighted by molar-refractivity contribution is 6.05. The van der Waals surface area contributed by atoms with E-state index in [0.29, 0.717) is 11.3 Å². The fourth-order valence-corrected chi connectivity index (χ4v) is 3.85. The number of nitrogens with one attached hydrogen (secondary N) is 1. The molecule has 0 bridgehead atoms. The molecule has 0 atom stereocenters. The number of rotatable bonds is 3. The van der Waals surface area contributed by atoms with E-state index in [2.05, 4.69) is 0 Å². The maximum absolute atomic E-state index is 11.3. The molecular formula is C21H20N4O. The van der Waals surface area contributed by atoms with Crippen LogP contribution >= 0.6 is 0 Å². The van der Waals surface area contributed by atoms with Crippen molar-refractivity contribution in [1.82, 2.24) is 4.98 Å². The Morgan fingerprint density at radius 1 is 1.04 bits per heavy atom. The number of aryl methyl sites for hydroxylation is 1. The second-order valence-electron chi connectivity index (χ2n) is 6.67. The van der Waals surface area contributed by atoms with E-state index in [9.17, 15) is 4.79 Å². The number of primary amides is 1. The van der Waals surface area contributed by atoms with E-state index in [1.54, 1.807) is 12.1 Å². The summed E-state index contributed by atoms with van der Waals surface area (Å²) in [7, 11) is 0. The highest BCUT2D eigenvalue weighted by atomic mass is 16.1. The highest BCUT2D eigenvalue weighted by Crippen LogP contribution is 2.37. The molecule has 0 aliphatic heterocycles. The standard InChI is InChI=1S/C21H20N4O/c22-11-16-17(23)9-10-18-19(16)14-3-1-2-4-15(14)20(25-18)12-5-7-13(8-6-12)21(24)26/h5-11,22H,1-4,23H2,(H2,24,26). The van der Waals surface area contributed by atoms with Crippen LogP contribution in [0.1, 0.15) is 39.9 Å². The minimum Gasteiger partial charge on any atom is -0.398 e. The largest absolute Gasteiger partial charge is 0.398 e. The molecule has 1 heterocycles. The van der Waals surface area contributed by atoms with Crippen molar-refractivity contribution in [3.05, 3.63) is 58.7 Å². The van der Waals surface area contributed by atoms with Gasteiger partial charge in [-0.3, -0.25) is 4.79 Å². The summed E-state index contributed by atoms with van der Waals surface area (Å²) in [6.45, 7) is 0. The normalized spacial score (nSPS) is 13.4. The fourth-order valence-electron chi connectivity index (χ4n) is 3.85. The number of amides is 1. The molecular weight excluding hydrogens is 324 g/mol. The van der Waals surface area contributed by atoms with Crippen LogP contribution < -0.4 is 11.5 Å². The van der Waals surface area contributed by atoms with Crippen LogP contribution in [-0.4, -0.2) is 17.1 Å². The third kappa shape index (κ3) is 2.52. The second kappa shape index (κ2) is 6.26. The van der Waals surface area contributed by atoms with Gasteiger partial charge in [-0.1, -0.05) is 12.1 Å². The van der Waals surface area contributed by atoms with Gasteiger partial charge in [0.15, 0.2) is 0 Å². The Bertz CT molecular complexity index is 1040. The molecule has 1 aliphatic carbocycles. The van der Waals surface area contributed by atoms with Crippen molar-refractivity contribution >= 4 is 28.7 Å². The number of anilines is 1. The molecule has 0 spiro atoms. The molecule has 5 nitrogen and oxygen atoms in total. The summed E-state index contributed by atoms with van der Waals surface area (Å²) >= 11 is 0. The molecule has 0 fully saturated rings. The Morgan fingerprint density at radius 3 is 2.38 bits per heavy atom. The lowest BCUT2D eigenvalue weighted by atomic mass is 9.85. The van der Waals surface area contributed by atoms with Crippen molar-refractivity contribution in [2.75, 3.05) is 5.73 Å². The number of hydrogen-bond acceptors (Lipinski definition) is 4. The quantitative estimate of drug-likeness (QED) is 0.500. The number of pyridine rings is 1. The summed E-state index contributed by atoms with van der Waals surface area (Å²) in [4.78, 5) is 16.2. The van der Waals surface area contributed by atoms with Crippen LogP contribution in [0.4, 0.5) is 5.69 Å². The van der Waals surface area contributed by atoms with Crippen molar-refractivity contribution < 1.29 is 4.79 Å². The molecule has 0 radical (unpaired) electrons. The molecule has 26 heavy (non-hydrogen) atoms. The number of nitrogens with zero attached hydrogens (tertiary/aromatic N) is 1. The Hall–Kier alpha value is -3.21. The number of nitrogens with two attached hydrogens (primary N) is 2. The fraction of sp³-hybridized carbons (Fsp3) is 0.190. The van der Waals surface area contributed by atoms with Crippen LogP contribution in [0.3, 0.4) is 0 Å². The Labute approximate surface area is 151 Å². The zero-order valence-corrected chi connectivity index (χ0v) is 14.4. The Balaban J connectivity index is 2.00. The zero-order valence-electron chi connectivity index (χ0n) is 14.4. The van der Waals surface area contributed by atoms with E-state index in [4.69, 9.17) is 21.9 Å². The number of carbonyl (C=O) groups is 1. The van der Waals surface area contributed by atoms with E-state index in [1.807, 2.05) is 24.3 Å². The number of fused-ring (bicyclic) bond motifs is 3. The Kier molecular flexibility index (Phi) is 3.92. The van der Waals surface area contributed by atoms with Crippen LogP contribution in [0.15, 0.2) is 36.4 Å². The van der Waals surface area contributed by atoms with Crippen molar-refractivity contribution in [2.24, 2.45) is 5.73 Å². The van der Waals surface area contributed by atoms with Crippen molar-refractivity contribution in [3.63, 3.8) is 0 Å². The zero-order chi connectivity index (χ0) is 18.3. The van der Waals surface area contributed by atoms with Gasteiger partial charge in [0.1, 0.15) is 0 Å². The summed E-state index contributed by atoms with van der Waals surface area (Å²) < 4.78 is 0. The molecule has 1 amide bonds. The van der Waals surface area contributed by atoms with Crippen molar-refractivity contribution in [2.45, 2.75) is 25.7 Å².